The summed E-state index contributed by atoms with van der Waals surface area (Å²) in [7, 11) is 0. The lowest BCUT2D eigenvalue weighted by Gasteiger charge is -2.20. The van der Waals surface area contributed by atoms with Gasteiger partial charge in [-0.25, -0.2) is 9.37 Å². The zero-order chi connectivity index (χ0) is 20.6. The molecule has 29 heavy (non-hydrogen) atoms. The Morgan fingerprint density at radius 1 is 1.14 bits per heavy atom. The number of hydrogen-bond donors (Lipinski definition) is 1. The van der Waals surface area contributed by atoms with Crippen molar-refractivity contribution < 1.29 is 27.9 Å². The average Bonchev–Trinajstić information content (AvgIpc) is 3.21. The number of nitrogens with zero attached hydrogens (tertiary/aromatic N) is 1. The zero-order valence-corrected chi connectivity index (χ0v) is 16.0. The first-order chi connectivity index (χ1) is 14.0. The molecule has 2 amide bonds. The summed E-state index contributed by atoms with van der Waals surface area (Å²) in [6, 6.07) is 5.78. The molecule has 2 aromatic rings. The molecular weight excluding hydrogens is 379 g/mol. The first-order valence-corrected chi connectivity index (χ1v) is 9.71. The van der Waals surface area contributed by atoms with Gasteiger partial charge in [-0.3, -0.25) is 19.7 Å². The normalized spacial score (nSPS) is 14.4. The highest BCUT2D eigenvalue weighted by molar-refractivity contribution is 5.97. The molecule has 0 unspecified atom stereocenters. The molecule has 0 spiro atoms. The number of benzene rings is 1. The number of aromatic nitrogens is 1. The summed E-state index contributed by atoms with van der Waals surface area (Å²) < 4.78 is 23.4. The van der Waals surface area contributed by atoms with Crippen LogP contribution in [0.25, 0.3) is 11.3 Å². The molecule has 1 N–H and O–H groups in total. The highest BCUT2D eigenvalue weighted by Crippen LogP contribution is 2.23. The third-order valence-corrected chi connectivity index (χ3v) is 4.83. The largest absolute Gasteiger partial charge is 0.456 e. The van der Waals surface area contributed by atoms with Gasteiger partial charge in [-0.05, 0) is 37.1 Å². The maximum absolute atomic E-state index is 13.0. The van der Waals surface area contributed by atoms with Crippen LogP contribution in [0.15, 0.2) is 34.9 Å². The number of carbonyl (C=O) groups excluding carboxylic acids is 3. The highest BCUT2D eigenvalue weighted by atomic mass is 19.1. The minimum Gasteiger partial charge on any atom is -0.456 e. The van der Waals surface area contributed by atoms with Crippen LogP contribution < -0.4 is 5.32 Å². The molecule has 0 aliphatic heterocycles. The van der Waals surface area contributed by atoms with Gasteiger partial charge in [0.15, 0.2) is 18.3 Å². The SMILES string of the molecule is O=C(COC(=O)CCc1ncc(-c2ccc(F)cc2)o1)NC(=O)C1CCCCC1. The van der Waals surface area contributed by atoms with Crippen LogP contribution in [0.2, 0.25) is 0 Å². The molecule has 0 atom stereocenters. The van der Waals surface area contributed by atoms with E-state index in [0.717, 1.165) is 32.1 Å². The number of carbonyl (C=O) groups is 3. The van der Waals surface area contributed by atoms with Crippen LogP contribution in [0.3, 0.4) is 0 Å². The molecule has 8 heteroatoms. The van der Waals surface area contributed by atoms with E-state index in [1.54, 1.807) is 12.1 Å². The smallest absolute Gasteiger partial charge is 0.306 e. The lowest BCUT2D eigenvalue weighted by atomic mass is 9.89. The average molecular weight is 402 g/mol. The summed E-state index contributed by atoms with van der Waals surface area (Å²) in [5.41, 5.74) is 0.673. The van der Waals surface area contributed by atoms with Gasteiger partial charge in [0.2, 0.25) is 5.91 Å². The van der Waals surface area contributed by atoms with Crippen LogP contribution in [0.1, 0.15) is 44.4 Å². The van der Waals surface area contributed by atoms with E-state index in [4.69, 9.17) is 9.15 Å². The molecule has 1 aromatic heterocycles. The van der Waals surface area contributed by atoms with Crippen molar-refractivity contribution in [2.45, 2.75) is 44.9 Å². The van der Waals surface area contributed by atoms with Crippen molar-refractivity contribution in [1.29, 1.82) is 0 Å². The van der Waals surface area contributed by atoms with Gasteiger partial charge in [-0.2, -0.15) is 0 Å². The minimum absolute atomic E-state index is 0.0206. The second-order valence-electron chi connectivity index (χ2n) is 7.03. The molecule has 1 fully saturated rings. The van der Waals surface area contributed by atoms with E-state index < -0.39 is 18.5 Å². The molecule has 0 saturated heterocycles. The number of esters is 1. The van der Waals surface area contributed by atoms with Crippen molar-refractivity contribution in [2.75, 3.05) is 6.61 Å². The third kappa shape index (κ3) is 6.23. The fourth-order valence-electron chi connectivity index (χ4n) is 3.24. The molecule has 154 valence electrons. The number of halogens is 1. The molecule has 1 aromatic carbocycles. The quantitative estimate of drug-likeness (QED) is 0.714. The highest BCUT2D eigenvalue weighted by Gasteiger charge is 2.23. The van der Waals surface area contributed by atoms with Gasteiger partial charge in [0.25, 0.3) is 5.91 Å². The molecular formula is C21H23FN2O5. The number of nitrogens with one attached hydrogen (secondary N) is 1. The number of ether oxygens (including phenoxy) is 1. The van der Waals surface area contributed by atoms with Gasteiger partial charge in [0.05, 0.1) is 12.6 Å². The lowest BCUT2D eigenvalue weighted by Crippen LogP contribution is -2.38. The maximum Gasteiger partial charge on any atom is 0.306 e. The van der Waals surface area contributed by atoms with E-state index in [1.165, 1.54) is 18.3 Å². The van der Waals surface area contributed by atoms with Crippen molar-refractivity contribution in [3.8, 4) is 11.3 Å². The van der Waals surface area contributed by atoms with Crippen LogP contribution >= 0.6 is 0 Å². The Morgan fingerprint density at radius 3 is 2.59 bits per heavy atom. The van der Waals surface area contributed by atoms with Crippen molar-refractivity contribution in [2.24, 2.45) is 5.92 Å². The van der Waals surface area contributed by atoms with Crippen LogP contribution in [0.5, 0.6) is 0 Å². The molecule has 1 aliphatic carbocycles. The van der Waals surface area contributed by atoms with E-state index in [2.05, 4.69) is 10.3 Å². The fourth-order valence-corrected chi connectivity index (χ4v) is 3.24. The monoisotopic (exact) mass is 402 g/mol. The van der Waals surface area contributed by atoms with Crippen molar-refractivity contribution >= 4 is 17.8 Å². The summed E-state index contributed by atoms with van der Waals surface area (Å²) in [6.45, 7) is -0.496. The van der Waals surface area contributed by atoms with E-state index in [0.29, 0.717) is 17.2 Å². The first-order valence-electron chi connectivity index (χ1n) is 9.71. The molecule has 0 bridgehead atoms. The van der Waals surface area contributed by atoms with E-state index in [-0.39, 0.29) is 30.5 Å². The Bertz CT molecular complexity index is 856. The van der Waals surface area contributed by atoms with Crippen molar-refractivity contribution in [1.82, 2.24) is 10.3 Å². The summed E-state index contributed by atoms with van der Waals surface area (Å²) in [5.74, 6) is -1.19. The second kappa shape index (κ2) is 9.95. The Morgan fingerprint density at radius 2 is 1.86 bits per heavy atom. The predicted octanol–water partition coefficient (Wildman–Crippen LogP) is 3.18. The van der Waals surface area contributed by atoms with E-state index in [9.17, 15) is 18.8 Å². The number of aryl methyl sites for hydroxylation is 1. The van der Waals surface area contributed by atoms with Gasteiger partial charge in [0.1, 0.15) is 5.82 Å². The molecule has 7 nitrogen and oxygen atoms in total. The van der Waals surface area contributed by atoms with Gasteiger partial charge >= 0.3 is 5.97 Å². The predicted molar refractivity (Wildman–Crippen MR) is 101 cm³/mol. The third-order valence-electron chi connectivity index (χ3n) is 4.83. The zero-order valence-electron chi connectivity index (χ0n) is 16.0. The summed E-state index contributed by atoms with van der Waals surface area (Å²) in [6.07, 6.45) is 6.35. The number of imide groups is 1. The summed E-state index contributed by atoms with van der Waals surface area (Å²) >= 11 is 0. The van der Waals surface area contributed by atoms with Crippen LogP contribution in [-0.2, 0) is 25.5 Å². The standard InChI is InChI=1S/C21H23FN2O5/c22-16-8-6-14(7-9-16)17-12-23-19(29-17)10-11-20(26)28-13-18(25)24-21(27)15-4-2-1-3-5-15/h6-9,12,15H,1-5,10-11,13H2,(H,24,25,27). The van der Waals surface area contributed by atoms with Gasteiger partial charge < -0.3 is 9.15 Å². The number of rotatable bonds is 7. The molecule has 1 aliphatic rings. The lowest BCUT2D eigenvalue weighted by molar-refractivity contribution is -0.150. The second-order valence-corrected chi connectivity index (χ2v) is 7.03. The first kappa shape index (κ1) is 20.7. The Kier molecular flexibility index (Phi) is 7.10. The van der Waals surface area contributed by atoms with Crippen molar-refractivity contribution in [3.63, 3.8) is 0 Å². The van der Waals surface area contributed by atoms with Crippen LogP contribution in [0, 0.1) is 11.7 Å². The van der Waals surface area contributed by atoms with Crippen LogP contribution in [-0.4, -0.2) is 29.4 Å². The van der Waals surface area contributed by atoms with Gasteiger partial charge in [-0.1, -0.05) is 19.3 Å². The summed E-state index contributed by atoms with van der Waals surface area (Å²) in [5, 5.41) is 2.29. The summed E-state index contributed by atoms with van der Waals surface area (Å²) in [4.78, 5) is 39.7. The number of amides is 2. The van der Waals surface area contributed by atoms with Crippen LogP contribution in [0.4, 0.5) is 4.39 Å². The van der Waals surface area contributed by atoms with E-state index >= 15 is 0 Å². The Labute approximate surface area is 167 Å². The topological polar surface area (TPSA) is 98.5 Å². The molecule has 0 radical (unpaired) electrons. The minimum atomic E-state index is -0.622. The Balaban J connectivity index is 1.38. The van der Waals surface area contributed by atoms with Crippen molar-refractivity contribution in [3.05, 3.63) is 42.2 Å². The maximum atomic E-state index is 13.0. The fraction of sp³-hybridized carbons (Fsp3) is 0.429. The Hall–Kier alpha value is -3.03. The van der Waals surface area contributed by atoms with Gasteiger partial charge in [-0.15, -0.1) is 0 Å². The van der Waals surface area contributed by atoms with E-state index in [1.807, 2.05) is 0 Å². The number of hydrogen-bond acceptors (Lipinski definition) is 6. The molecule has 1 saturated carbocycles. The molecule has 3 rings (SSSR count). The number of oxazole rings is 1. The molecule has 1 heterocycles. The van der Waals surface area contributed by atoms with Gasteiger partial charge in [0, 0.05) is 17.9 Å².